The lowest BCUT2D eigenvalue weighted by Gasteiger charge is -2.18. The van der Waals surface area contributed by atoms with Gasteiger partial charge in [-0.2, -0.15) is 18.3 Å². The van der Waals surface area contributed by atoms with E-state index in [1.165, 1.54) is 61.6 Å². The Hall–Kier alpha value is -4.92. The molecule has 218 valence electrons. The van der Waals surface area contributed by atoms with Crippen LogP contribution in [0.5, 0.6) is 17.4 Å². The fraction of sp³-hybridized carbons (Fsp3) is 0.154. The van der Waals surface area contributed by atoms with Crippen molar-refractivity contribution < 1.29 is 50.9 Å². The van der Waals surface area contributed by atoms with Crippen molar-refractivity contribution in [1.29, 1.82) is 0 Å². The second-order valence-corrected chi connectivity index (χ2v) is 9.09. The molecule has 5 rings (SSSR count). The Balaban J connectivity index is 1.44. The Kier molecular flexibility index (Phi) is 7.14. The zero-order valence-corrected chi connectivity index (χ0v) is 21.8. The maximum atomic E-state index is 13.7. The maximum Gasteiger partial charge on any atom is 0.586 e. The molecule has 0 spiro atoms. The van der Waals surface area contributed by atoms with Gasteiger partial charge >= 0.3 is 18.4 Å². The van der Waals surface area contributed by atoms with E-state index >= 15 is 0 Å². The van der Waals surface area contributed by atoms with Crippen LogP contribution < -0.4 is 19.1 Å². The number of alkyl halides is 5. The van der Waals surface area contributed by atoms with Gasteiger partial charge in [-0.05, 0) is 36.4 Å². The average Bonchev–Trinajstić information content (AvgIpc) is 3.45. The number of amides is 1. The number of aromatic nitrogens is 3. The van der Waals surface area contributed by atoms with Crippen LogP contribution in [0.25, 0.3) is 5.69 Å². The lowest BCUT2D eigenvalue weighted by Crippen LogP contribution is -2.26. The highest BCUT2D eigenvalue weighted by Gasteiger charge is 2.43. The molecule has 10 nitrogen and oxygen atoms in total. The van der Waals surface area contributed by atoms with Gasteiger partial charge in [0, 0.05) is 36.6 Å². The van der Waals surface area contributed by atoms with Gasteiger partial charge in [0.05, 0.1) is 16.3 Å². The van der Waals surface area contributed by atoms with Crippen molar-refractivity contribution in [2.75, 3.05) is 11.9 Å². The molecule has 0 unspecified atom stereocenters. The van der Waals surface area contributed by atoms with Crippen LogP contribution in [-0.2, 0) is 12.8 Å². The number of hydrogen-bond donors (Lipinski definition) is 1. The number of fused-ring (bicyclic) bond motifs is 1. The standard InChI is InChI=1S/C26H16ClF5N4O6/c1-35(15-6-7-18-19(10-15)42-26(31,32)41-18)23(37)13-3-2-4-16(9-13)36-17(21(27)22(34-36)25(28,29)30)12-40-20-8-5-14(11-33-20)24(38)39/h2-11H,12H2,1H3,(H,38,39). The van der Waals surface area contributed by atoms with E-state index in [1.54, 1.807) is 0 Å². The van der Waals surface area contributed by atoms with Crippen LogP contribution in [0.1, 0.15) is 32.1 Å². The minimum absolute atomic E-state index is 0.0102. The number of ether oxygens (including phenoxy) is 3. The van der Waals surface area contributed by atoms with Gasteiger partial charge in [-0.15, -0.1) is 8.78 Å². The Morgan fingerprint density at radius 1 is 1.07 bits per heavy atom. The summed E-state index contributed by atoms with van der Waals surface area (Å²) in [7, 11) is 1.36. The largest absolute Gasteiger partial charge is 0.586 e. The minimum atomic E-state index is -4.93. The molecular formula is C26H16ClF5N4O6. The van der Waals surface area contributed by atoms with Gasteiger partial charge in [0.2, 0.25) is 5.88 Å². The first-order chi connectivity index (χ1) is 19.7. The van der Waals surface area contributed by atoms with Crippen LogP contribution in [-0.4, -0.2) is 45.1 Å². The molecule has 0 radical (unpaired) electrons. The molecule has 2 aromatic heterocycles. The monoisotopic (exact) mass is 610 g/mol. The van der Waals surface area contributed by atoms with Crippen LogP contribution in [0.4, 0.5) is 27.6 Å². The summed E-state index contributed by atoms with van der Waals surface area (Å²) in [5.74, 6) is -2.47. The fourth-order valence-corrected chi connectivity index (χ4v) is 4.20. The molecule has 2 aromatic carbocycles. The van der Waals surface area contributed by atoms with E-state index in [1.807, 2.05) is 0 Å². The Morgan fingerprint density at radius 3 is 2.48 bits per heavy atom. The van der Waals surface area contributed by atoms with Crippen molar-refractivity contribution in [1.82, 2.24) is 14.8 Å². The number of carbonyl (C=O) groups is 2. The average molecular weight is 611 g/mol. The number of rotatable bonds is 7. The second kappa shape index (κ2) is 10.5. The second-order valence-electron chi connectivity index (χ2n) is 8.71. The third-order valence-corrected chi connectivity index (χ3v) is 6.34. The number of pyridine rings is 1. The zero-order chi connectivity index (χ0) is 30.4. The van der Waals surface area contributed by atoms with Crippen LogP contribution in [0, 0.1) is 0 Å². The third kappa shape index (κ3) is 5.63. The van der Waals surface area contributed by atoms with Gasteiger partial charge in [0.1, 0.15) is 12.3 Å². The number of hydrogen-bond acceptors (Lipinski definition) is 7. The van der Waals surface area contributed by atoms with Gasteiger partial charge in [-0.1, -0.05) is 17.7 Å². The highest BCUT2D eigenvalue weighted by molar-refractivity contribution is 6.32. The summed E-state index contributed by atoms with van der Waals surface area (Å²) in [6.07, 6.45) is -7.77. The summed E-state index contributed by atoms with van der Waals surface area (Å²) in [5.41, 5.74) is -1.57. The van der Waals surface area contributed by atoms with Crippen LogP contribution >= 0.6 is 11.6 Å². The molecule has 3 heterocycles. The SMILES string of the molecule is CN(C(=O)c1cccc(-n2nc(C(F)(F)F)c(Cl)c2COc2ccc(C(=O)O)cn2)c1)c1ccc2c(c1)OC(F)(F)O2. The number of halogens is 6. The number of nitrogens with zero attached hydrogens (tertiary/aromatic N) is 4. The molecule has 4 aromatic rings. The predicted octanol–water partition coefficient (Wildman–Crippen LogP) is 5.81. The first-order valence-electron chi connectivity index (χ1n) is 11.7. The van der Waals surface area contributed by atoms with E-state index in [0.717, 1.165) is 15.8 Å². The van der Waals surface area contributed by atoms with Crippen molar-refractivity contribution in [2.45, 2.75) is 19.1 Å². The highest BCUT2D eigenvalue weighted by Crippen LogP contribution is 2.43. The van der Waals surface area contributed by atoms with Crippen molar-refractivity contribution in [3.8, 4) is 23.1 Å². The topological polar surface area (TPSA) is 116 Å². The summed E-state index contributed by atoms with van der Waals surface area (Å²) in [6, 6.07) is 11.6. The van der Waals surface area contributed by atoms with Gasteiger partial charge < -0.3 is 24.2 Å². The summed E-state index contributed by atoms with van der Waals surface area (Å²) >= 11 is 6.06. The van der Waals surface area contributed by atoms with E-state index in [9.17, 15) is 31.5 Å². The number of anilines is 1. The van der Waals surface area contributed by atoms with Crippen LogP contribution in [0.15, 0.2) is 60.8 Å². The third-order valence-electron chi connectivity index (χ3n) is 5.94. The summed E-state index contributed by atoms with van der Waals surface area (Å²) in [6.45, 7) is -0.554. The number of benzene rings is 2. The number of aromatic carboxylic acids is 1. The molecule has 16 heteroatoms. The summed E-state index contributed by atoms with van der Waals surface area (Å²) in [4.78, 5) is 29.2. The molecule has 0 saturated heterocycles. The molecule has 0 atom stereocenters. The van der Waals surface area contributed by atoms with Crippen molar-refractivity contribution in [3.05, 3.63) is 88.3 Å². The van der Waals surface area contributed by atoms with Gasteiger partial charge in [0.15, 0.2) is 17.2 Å². The molecule has 1 aliphatic rings. The molecule has 1 N–H and O–H groups in total. The van der Waals surface area contributed by atoms with Crippen molar-refractivity contribution >= 4 is 29.2 Å². The molecular weight excluding hydrogens is 595 g/mol. The predicted molar refractivity (Wildman–Crippen MR) is 134 cm³/mol. The molecule has 1 amide bonds. The molecule has 0 aliphatic carbocycles. The van der Waals surface area contributed by atoms with Crippen molar-refractivity contribution in [3.63, 3.8) is 0 Å². The summed E-state index contributed by atoms with van der Waals surface area (Å²) < 4.78 is 82.9. The maximum absolute atomic E-state index is 13.7. The highest BCUT2D eigenvalue weighted by atomic mass is 35.5. The van der Waals surface area contributed by atoms with E-state index in [2.05, 4.69) is 19.6 Å². The Morgan fingerprint density at radius 2 is 1.81 bits per heavy atom. The fourth-order valence-electron chi connectivity index (χ4n) is 3.92. The van der Waals surface area contributed by atoms with E-state index in [4.69, 9.17) is 21.4 Å². The smallest absolute Gasteiger partial charge is 0.478 e. The first kappa shape index (κ1) is 28.6. The number of carboxylic acids is 1. The zero-order valence-electron chi connectivity index (χ0n) is 21.0. The molecule has 42 heavy (non-hydrogen) atoms. The first-order valence-corrected chi connectivity index (χ1v) is 12.1. The number of carbonyl (C=O) groups excluding carboxylic acids is 1. The van der Waals surface area contributed by atoms with Crippen LogP contribution in [0.2, 0.25) is 5.02 Å². The molecule has 0 fully saturated rings. The molecule has 0 bridgehead atoms. The molecule has 0 saturated carbocycles. The lowest BCUT2D eigenvalue weighted by molar-refractivity contribution is -0.286. The number of carboxylic acid groups (broad SMARTS) is 1. The van der Waals surface area contributed by atoms with E-state index < -0.39 is 41.7 Å². The van der Waals surface area contributed by atoms with Crippen molar-refractivity contribution in [2.24, 2.45) is 0 Å². The van der Waals surface area contributed by atoms with Gasteiger partial charge in [-0.25, -0.2) is 14.5 Å². The minimum Gasteiger partial charge on any atom is -0.478 e. The lowest BCUT2D eigenvalue weighted by atomic mass is 10.1. The Bertz CT molecular complexity index is 1690. The summed E-state index contributed by atoms with van der Waals surface area (Å²) in [5, 5.41) is 11.9. The Labute approximate surface area is 237 Å². The van der Waals surface area contributed by atoms with Gasteiger partial charge in [-0.3, -0.25) is 4.79 Å². The van der Waals surface area contributed by atoms with E-state index in [-0.39, 0.29) is 45.6 Å². The molecule has 1 aliphatic heterocycles. The quantitative estimate of drug-likeness (QED) is 0.261. The van der Waals surface area contributed by atoms with Crippen LogP contribution in [0.3, 0.4) is 0 Å². The van der Waals surface area contributed by atoms with E-state index in [0.29, 0.717) is 0 Å². The van der Waals surface area contributed by atoms with Gasteiger partial charge in [0.25, 0.3) is 5.91 Å². The normalized spacial score (nSPS) is 13.6.